The van der Waals surface area contributed by atoms with Gasteiger partial charge in [-0.3, -0.25) is 0 Å². The minimum atomic E-state index is -2.75. The highest BCUT2D eigenvalue weighted by Crippen LogP contribution is 2.32. The highest BCUT2D eigenvalue weighted by atomic mass is 127. The van der Waals surface area contributed by atoms with Crippen LogP contribution in [0.25, 0.3) is 10.1 Å². The van der Waals surface area contributed by atoms with Crippen LogP contribution in [-0.2, 0) is 0 Å². The SMILES string of the molecule is Fc1cc2sc(I)cc2cc1C(F)F. The van der Waals surface area contributed by atoms with Gasteiger partial charge in [0.1, 0.15) is 5.82 Å². The van der Waals surface area contributed by atoms with Crippen molar-refractivity contribution < 1.29 is 13.2 Å². The Hall–Kier alpha value is -0.300. The summed E-state index contributed by atoms with van der Waals surface area (Å²) in [4.78, 5) is 0. The fourth-order valence-electron chi connectivity index (χ4n) is 1.21. The van der Waals surface area contributed by atoms with Gasteiger partial charge in [-0.15, -0.1) is 11.3 Å². The highest BCUT2D eigenvalue weighted by Gasteiger charge is 2.15. The number of alkyl halides is 2. The zero-order valence-corrected chi connectivity index (χ0v) is 9.70. The van der Waals surface area contributed by atoms with Gasteiger partial charge in [0.2, 0.25) is 0 Å². The molecular weight excluding hydrogens is 324 g/mol. The van der Waals surface area contributed by atoms with Gasteiger partial charge in [0, 0.05) is 4.70 Å². The van der Waals surface area contributed by atoms with Crippen molar-refractivity contribution in [2.45, 2.75) is 6.43 Å². The van der Waals surface area contributed by atoms with Crippen molar-refractivity contribution in [2.24, 2.45) is 0 Å². The topological polar surface area (TPSA) is 0 Å². The molecule has 14 heavy (non-hydrogen) atoms. The molecule has 2 aromatic rings. The average Bonchev–Trinajstić information content (AvgIpc) is 2.42. The normalized spacial score (nSPS) is 11.5. The van der Waals surface area contributed by atoms with Crippen molar-refractivity contribution in [3.8, 4) is 0 Å². The van der Waals surface area contributed by atoms with Crippen LogP contribution in [0.2, 0.25) is 0 Å². The molecule has 0 spiro atoms. The van der Waals surface area contributed by atoms with Crippen molar-refractivity contribution in [1.29, 1.82) is 0 Å². The van der Waals surface area contributed by atoms with Crippen LogP contribution >= 0.6 is 33.9 Å². The molecule has 74 valence electrons. The molecule has 1 aromatic carbocycles. The Kier molecular flexibility index (Phi) is 2.70. The van der Waals surface area contributed by atoms with Gasteiger partial charge in [-0.1, -0.05) is 0 Å². The van der Waals surface area contributed by atoms with E-state index in [1.807, 2.05) is 0 Å². The van der Waals surface area contributed by atoms with Crippen molar-refractivity contribution in [3.05, 3.63) is 32.5 Å². The molecule has 0 fully saturated rings. The molecule has 0 saturated heterocycles. The van der Waals surface area contributed by atoms with E-state index in [1.54, 1.807) is 6.07 Å². The second-order valence-corrected chi connectivity index (χ2v) is 5.74. The lowest BCUT2D eigenvalue weighted by atomic mass is 10.1. The summed E-state index contributed by atoms with van der Waals surface area (Å²) in [6.07, 6.45) is -2.75. The van der Waals surface area contributed by atoms with E-state index in [9.17, 15) is 13.2 Å². The summed E-state index contributed by atoms with van der Waals surface area (Å²) in [5.74, 6) is -0.828. The molecule has 0 amide bonds. The maximum atomic E-state index is 13.1. The van der Waals surface area contributed by atoms with Crippen LogP contribution in [0.1, 0.15) is 12.0 Å². The maximum Gasteiger partial charge on any atom is 0.266 e. The number of halogens is 4. The van der Waals surface area contributed by atoms with Crippen molar-refractivity contribution >= 4 is 44.0 Å². The summed E-state index contributed by atoms with van der Waals surface area (Å²) >= 11 is 3.47. The van der Waals surface area contributed by atoms with Crippen LogP contribution in [0.3, 0.4) is 0 Å². The first-order valence-electron chi connectivity index (χ1n) is 3.74. The molecule has 0 bridgehead atoms. The van der Waals surface area contributed by atoms with Gasteiger partial charge in [0.05, 0.1) is 8.45 Å². The molecular formula is C9H4F3IS. The average molecular weight is 328 g/mol. The molecule has 0 atom stereocenters. The summed E-state index contributed by atoms with van der Waals surface area (Å²) in [5, 5.41) is 0.677. The number of hydrogen-bond acceptors (Lipinski definition) is 1. The standard InChI is InChI=1S/C9H4F3IS/c10-6-3-7-4(2-8(13)14-7)1-5(6)9(11)12/h1-3,9H. The molecule has 0 unspecified atom stereocenters. The lowest BCUT2D eigenvalue weighted by molar-refractivity contribution is 0.146. The van der Waals surface area contributed by atoms with Gasteiger partial charge in [0.25, 0.3) is 6.43 Å². The smallest absolute Gasteiger partial charge is 0.206 e. The van der Waals surface area contributed by atoms with Crippen LogP contribution in [0.15, 0.2) is 18.2 Å². The Morgan fingerprint density at radius 2 is 1.93 bits per heavy atom. The third kappa shape index (κ3) is 1.75. The molecule has 1 aromatic heterocycles. The maximum absolute atomic E-state index is 13.1. The first-order valence-corrected chi connectivity index (χ1v) is 5.64. The second-order valence-electron chi connectivity index (χ2n) is 2.76. The minimum Gasteiger partial charge on any atom is -0.206 e. The van der Waals surface area contributed by atoms with Gasteiger partial charge < -0.3 is 0 Å². The van der Waals surface area contributed by atoms with E-state index in [4.69, 9.17) is 0 Å². The Balaban J connectivity index is 2.70. The van der Waals surface area contributed by atoms with Crippen molar-refractivity contribution in [1.82, 2.24) is 0 Å². The predicted molar refractivity (Wildman–Crippen MR) is 59.5 cm³/mol. The van der Waals surface area contributed by atoms with E-state index in [0.717, 1.165) is 2.88 Å². The van der Waals surface area contributed by atoms with E-state index in [1.165, 1.54) is 23.5 Å². The summed E-state index contributed by atoms with van der Waals surface area (Å²) in [5.41, 5.74) is -0.522. The van der Waals surface area contributed by atoms with Crippen LogP contribution in [0.4, 0.5) is 13.2 Å². The Bertz CT molecular complexity index is 478. The van der Waals surface area contributed by atoms with Crippen LogP contribution in [0, 0.1) is 8.70 Å². The van der Waals surface area contributed by atoms with Gasteiger partial charge >= 0.3 is 0 Å². The number of hydrogen-bond donors (Lipinski definition) is 0. The molecule has 0 aliphatic heterocycles. The van der Waals surface area contributed by atoms with E-state index in [-0.39, 0.29) is 0 Å². The van der Waals surface area contributed by atoms with Gasteiger partial charge in [0.15, 0.2) is 0 Å². The Morgan fingerprint density at radius 1 is 1.21 bits per heavy atom. The monoisotopic (exact) mass is 328 g/mol. The number of benzene rings is 1. The summed E-state index contributed by atoms with van der Waals surface area (Å²) in [7, 11) is 0. The van der Waals surface area contributed by atoms with Gasteiger partial charge in [-0.05, 0) is 46.2 Å². The van der Waals surface area contributed by atoms with Crippen molar-refractivity contribution in [2.75, 3.05) is 0 Å². The summed E-state index contributed by atoms with van der Waals surface area (Å²) in [6, 6.07) is 4.16. The number of thiophene rings is 1. The zero-order valence-electron chi connectivity index (χ0n) is 6.73. The van der Waals surface area contributed by atoms with E-state index in [0.29, 0.717) is 10.1 Å². The van der Waals surface area contributed by atoms with Crippen LogP contribution in [0.5, 0.6) is 0 Å². The van der Waals surface area contributed by atoms with Gasteiger partial charge in [-0.25, -0.2) is 13.2 Å². The molecule has 1 heterocycles. The third-order valence-electron chi connectivity index (χ3n) is 1.84. The molecule has 0 aliphatic rings. The Morgan fingerprint density at radius 3 is 2.57 bits per heavy atom. The molecule has 0 N–H and O–H groups in total. The number of rotatable bonds is 1. The second kappa shape index (κ2) is 3.69. The highest BCUT2D eigenvalue weighted by molar-refractivity contribution is 14.1. The first kappa shape index (κ1) is 10.2. The van der Waals surface area contributed by atoms with Crippen molar-refractivity contribution in [3.63, 3.8) is 0 Å². The largest absolute Gasteiger partial charge is 0.266 e. The molecule has 0 nitrogen and oxygen atoms in total. The van der Waals surface area contributed by atoms with E-state index in [2.05, 4.69) is 22.6 Å². The molecule has 0 aliphatic carbocycles. The molecule has 2 rings (SSSR count). The zero-order chi connectivity index (χ0) is 10.3. The Labute approximate surface area is 95.9 Å². The van der Waals surface area contributed by atoms with Crippen LogP contribution < -0.4 is 0 Å². The molecule has 0 radical (unpaired) electrons. The van der Waals surface area contributed by atoms with E-state index < -0.39 is 17.8 Å². The molecule has 5 heteroatoms. The quantitative estimate of drug-likeness (QED) is 0.672. The third-order valence-corrected chi connectivity index (χ3v) is 3.70. The lowest BCUT2D eigenvalue weighted by Gasteiger charge is -2.00. The van der Waals surface area contributed by atoms with E-state index >= 15 is 0 Å². The van der Waals surface area contributed by atoms with Crippen LogP contribution in [-0.4, -0.2) is 0 Å². The fraction of sp³-hybridized carbons (Fsp3) is 0.111. The fourth-order valence-corrected chi connectivity index (χ4v) is 3.06. The number of fused-ring (bicyclic) bond motifs is 1. The lowest BCUT2D eigenvalue weighted by Crippen LogP contribution is -1.89. The summed E-state index contributed by atoms with van der Waals surface area (Å²) in [6.45, 7) is 0. The minimum absolute atomic E-state index is 0.522. The predicted octanol–water partition coefficient (Wildman–Crippen LogP) is 4.58. The van der Waals surface area contributed by atoms with Gasteiger partial charge in [-0.2, -0.15) is 0 Å². The summed E-state index contributed by atoms with van der Waals surface area (Å²) < 4.78 is 39.4. The molecule has 0 saturated carbocycles. The first-order chi connectivity index (χ1) is 6.58.